The van der Waals surface area contributed by atoms with E-state index in [-0.39, 0.29) is 18.7 Å². The summed E-state index contributed by atoms with van der Waals surface area (Å²) in [5.74, 6) is 0.680. The van der Waals surface area contributed by atoms with Crippen LogP contribution in [0, 0.1) is 5.92 Å². The molecule has 1 unspecified atom stereocenters. The van der Waals surface area contributed by atoms with Crippen molar-refractivity contribution >= 4 is 6.03 Å². The third-order valence-electron chi connectivity index (χ3n) is 3.45. The molecule has 5 nitrogen and oxygen atoms in total. The molecule has 2 amide bonds. The minimum atomic E-state index is 0.0367. The van der Waals surface area contributed by atoms with Crippen LogP contribution in [-0.2, 0) is 0 Å². The van der Waals surface area contributed by atoms with Gasteiger partial charge in [0.05, 0.1) is 0 Å². The van der Waals surface area contributed by atoms with Gasteiger partial charge >= 0.3 is 6.03 Å². The number of nitrogens with zero attached hydrogens (tertiary/aromatic N) is 2. The highest BCUT2D eigenvalue weighted by atomic mass is 16.3. The first-order valence-electron chi connectivity index (χ1n) is 7.41. The first-order chi connectivity index (χ1) is 9.02. The van der Waals surface area contributed by atoms with Crippen molar-refractivity contribution in [2.24, 2.45) is 5.92 Å². The Morgan fingerprint density at radius 2 is 1.84 bits per heavy atom. The van der Waals surface area contributed by atoms with Crippen molar-refractivity contribution in [3.63, 3.8) is 0 Å². The summed E-state index contributed by atoms with van der Waals surface area (Å²) in [5, 5.41) is 11.8. The summed E-state index contributed by atoms with van der Waals surface area (Å²) in [6, 6.07) is 0.169. The van der Waals surface area contributed by atoms with E-state index in [1.165, 1.54) is 0 Å². The predicted molar refractivity (Wildman–Crippen MR) is 77.2 cm³/mol. The molecule has 112 valence electrons. The van der Waals surface area contributed by atoms with Crippen LogP contribution in [0.5, 0.6) is 0 Å². The van der Waals surface area contributed by atoms with E-state index in [2.05, 4.69) is 24.1 Å². The minimum Gasteiger partial charge on any atom is -0.396 e. The number of piperazine rings is 1. The van der Waals surface area contributed by atoms with Crippen LogP contribution in [0.4, 0.5) is 4.79 Å². The van der Waals surface area contributed by atoms with Crippen LogP contribution in [0.1, 0.15) is 33.6 Å². The van der Waals surface area contributed by atoms with Crippen LogP contribution in [0.3, 0.4) is 0 Å². The highest BCUT2D eigenvalue weighted by molar-refractivity contribution is 5.74. The third kappa shape index (κ3) is 6.25. The topological polar surface area (TPSA) is 55.8 Å². The molecule has 5 heteroatoms. The van der Waals surface area contributed by atoms with Crippen molar-refractivity contribution in [3.8, 4) is 0 Å². The van der Waals surface area contributed by atoms with Crippen LogP contribution in [0.15, 0.2) is 0 Å². The minimum absolute atomic E-state index is 0.0367. The summed E-state index contributed by atoms with van der Waals surface area (Å²) in [5.41, 5.74) is 0. The van der Waals surface area contributed by atoms with Crippen LogP contribution >= 0.6 is 0 Å². The molecule has 1 aliphatic heterocycles. The molecule has 1 atom stereocenters. The van der Waals surface area contributed by atoms with Crippen LogP contribution in [0.2, 0.25) is 0 Å². The molecule has 0 aliphatic carbocycles. The molecule has 0 saturated carbocycles. The van der Waals surface area contributed by atoms with Crippen LogP contribution in [0.25, 0.3) is 0 Å². The summed E-state index contributed by atoms with van der Waals surface area (Å²) in [7, 11) is 0. The normalized spacial score (nSPS) is 18.7. The van der Waals surface area contributed by atoms with E-state index < -0.39 is 0 Å². The zero-order valence-corrected chi connectivity index (χ0v) is 12.6. The Kier molecular flexibility index (Phi) is 7.16. The van der Waals surface area contributed by atoms with E-state index in [9.17, 15) is 4.79 Å². The Labute approximate surface area is 117 Å². The molecule has 0 aromatic heterocycles. The highest BCUT2D eigenvalue weighted by Gasteiger charge is 2.22. The number of amides is 2. The van der Waals surface area contributed by atoms with Crippen molar-refractivity contribution in [2.75, 3.05) is 39.3 Å². The standard InChI is InChI=1S/C14H29N3O2/c1-12(2)11-16-6-8-17(9-7-16)14(19)15-13(3)5-4-10-18/h12-13,18H,4-11H2,1-3H3,(H,15,19). The summed E-state index contributed by atoms with van der Waals surface area (Å²) < 4.78 is 0. The Morgan fingerprint density at radius 3 is 2.37 bits per heavy atom. The second-order valence-electron chi connectivity index (χ2n) is 5.90. The van der Waals surface area contributed by atoms with E-state index in [0.29, 0.717) is 5.92 Å². The number of carbonyl (C=O) groups is 1. The van der Waals surface area contributed by atoms with Crippen molar-refractivity contribution < 1.29 is 9.90 Å². The molecule has 1 rings (SSSR count). The smallest absolute Gasteiger partial charge is 0.317 e. The quantitative estimate of drug-likeness (QED) is 0.761. The number of rotatable bonds is 6. The highest BCUT2D eigenvalue weighted by Crippen LogP contribution is 2.06. The first kappa shape index (κ1) is 16.2. The predicted octanol–water partition coefficient (Wildman–Crippen LogP) is 1.13. The Balaban J connectivity index is 2.24. The lowest BCUT2D eigenvalue weighted by Crippen LogP contribution is -2.53. The second-order valence-corrected chi connectivity index (χ2v) is 5.90. The summed E-state index contributed by atoms with van der Waals surface area (Å²) in [6.45, 7) is 11.3. The van der Waals surface area contributed by atoms with Crippen molar-refractivity contribution in [3.05, 3.63) is 0 Å². The van der Waals surface area contributed by atoms with E-state index in [0.717, 1.165) is 45.6 Å². The molecule has 0 aromatic carbocycles. The lowest BCUT2D eigenvalue weighted by molar-refractivity contribution is 0.129. The third-order valence-corrected chi connectivity index (χ3v) is 3.45. The van der Waals surface area contributed by atoms with Gasteiger partial charge in [0.2, 0.25) is 0 Å². The van der Waals surface area contributed by atoms with Gasteiger partial charge in [-0.25, -0.2) is 4.79 Å². The monoisotopic (exact) mass is 271 g/mol. The fourth-order valence-corrected chi connectivity index (χ4v) is 2.42. The van der Waals surface area contributed by atoms with E-state index >= 15 is 0 Å². The number of urea groups is 1. The summed E-state index contributed by atoms with van der Waals surface area (Å²) >= 11 is 0. The molecular formula is C14H29N3O2. The number of aliphatic hydroxyl groups is 1. The number of carbonyl (C=O) groups excluding carboxylic acids is 1. The van der Waals surface area contributed by atoms with Crippen LogP contribution in [-0.4, -0.2) is 66.3 Å². The van der Waals surface area contributed by atoms with Crippen molar-refractivity contribution in [2.45, 2.75) is 39.7 Å². The molecule has 1 aliphatic rings. The summed E-state index contributed by atoms with van der Waals surface area (Å²) in [4.78, 5) is 16.3. The van der Waals surface area contributed by atoms with Gasteiger partial charge in [-0.15, -0.1) is 0 Å². The fraction of sp³-hybridized carbons (Fsp3) is 0.929. The molecular weight excluding hydrogens is 242 g/mol. The Hall–Kier alpha value is -0.810. The van der Waals surface area contributed by atoms with Gasteiger partial charge in [0.25, 0.3) is 0 Å². The lowest BCUT2D eigenvalue weighted by Gasteiger charge is -2.36. The van der Waals surface area contributed by atoms with E-state index in [1.807, 2.05) is 11.8 Å². The van der Waals surface area contributed by atoms with Gasteiger partial charge in [-0.05, 0) is 25.7 Å². The van der Waals surface area contributed by atoms with E-state index in [4.69, 9.17) is 5.11 Å². The van der Waals surface area contributed by atoms with Gasteiger partial charge in [-0.2, -0.15) is 0 Å². The number of nitrogens with one attached hydrogen (secondary N) is 1. The first-order valence-corrected chi connectivity index (χ1v) is 7.41. The molecule has 0 bridgehead atoms. The van der Waals surface area contributed by atoms with Gasteiger partial charge in [0, 0.05) is 45.4 Å². The van der Waals surface area contributed by atoms with Gasteiger partial charge in [-0.1, -0.05) is 13.8 Å². The molecule has 0 spiro atoms. The lowest BCUT2D eigenvalue weighted by atomic mass is 10.2. The Morgan fingerprint density at radius 1 is 1.21 bits per heavy atom. The molecule has 0 aromatic rings. The average molecular weight is 271 g/mol. The zero-order chi connectivity index (χ0) is 14.3. The summed E-state index contributed by atoms with van der Waals surface area (Å²) in [6.07, 6.45) is 1.57. The number of aliphatic hydroxyl groups excluding tert-OH is 1. The fourth-order valence-electron chi connectivity index (χ4n) is 2.42. The molecule has 0 radical (unpaired) electrons. The maximum Gasteiger partial charge on any atom is 0.317 e. The zero-order valence-electron chi connectivity index (χ0n) is 12.6. The van der Waals surface area contributed by atoms with Crippen molar-refractivity contribution in [1.82, 2.24) is 15.1 Å². The van der Waals surface area contributed by atoms with Gasteiger partial charge < -0.3 is 15.3 Å². The molecule has 1 saturated heterocycles. The molecule has 2 N–H and O–H groups in total. The maximum atomic E-state index is 12.0. The second kappa shape index (κ2) is 8.38. The number of hydrogen-bond acceptors (Lipinski definition) is 3. The molecule has 1 heterocycles. The SMILES string of the molecule is CC(C)CN1CCN(C(=O)NC(C)CCCO)CC1. The largest absolute Gasteiger partial charge is 0.396 e. The number of hydrogen-bond donors (Lipinski definition) is 2. The van der Waals surface area contributed by atoms with Crippen molar-refractivity contribution in [1.29, 1.82) is 0 Å². The van der Waals surface area contributed by atoms with Gasteiger partial charge in [0.15, 0.2) is 0 Å². The molecule has 19 heavy (non-hydrogen) atoms. The average Bonchev–Trinajstić information content (AvgIpc) is 2.36. The maximum absolute atomic E-state index is 12.0. The van der Waals surface area contributed by atoms with Gasteiger partial charge in [0.1, 0.15) is 0 Å². The Bertz CT molecular complexity index is 263. The van der Waals surface area contributed by atoms with Gasteiger partial charge in [-0.3, -0.25) is 4.90 Å². The molecule has 1 fully saturated rings. The van der Waals surface area contributed by atoms with Crippen LogP contribution < -0.4 is 5.32 Å². The van der Waals surface area contributed by atoms with E-state index in [1.54, 1.807) is 0 Å².